The number of likely N-dealkylation sites (tertiary alicyclic amines) is 1. The summed E-state index contributed by atoms with van der Waals surface area (Å²) in [5.74, 6) is 1.68. The predicted octanol–water partition coefficient (Wildman–Crippen LogP) is 5.20. The van der Waals surface area contributed by atoms with Gasteiger partial charge in [-0.25, -0.2) is 4.98 Å². The topological polar surface area (TPSA) is 38.5 Å². The molecule has 0 aliphatic carbocycles. The number of aryl methyl sites for hydroxylation is 2. The smallest absolute Gasteiger partial charge is 0.237 e. The molecular formula is C22H26N2O2S. The van der Waals surface area contributed by atoms with Gasteiger partial charge >= 0.3 is 0 Å². The molecule has 4 nitrogen and oxygen atoms in total. The SMILES string of the molecule is Cc1ccsc1-c1nc(CN2CCC[C@H](OCc3ccccc3)C2)c(C)o1. The molecule has 0 saturated carbocycles. The van der Waals surface area contributed by atoms with Crippen LogP contribution in [0.2, 0.25) is 0 Å². The van der Waals surface area contributed by atoms with Gasteiger partial charge in [0.1, 0.15) is 5.76 Å². The maximum Gasteiger partial charge on any atom is 0.237 e. The summed E-state index contributed by atoms with van der Waals surface area (Å²) in [6.45, 7) is 7.67. The van der Waals surface area contributed by atoms with Crippen molar-refractivity contribution in [3.05, 3.63) is 64.4 Å². The lowest BCUT2D eigenvalue weighted by atomic mass is 10.1. The molecule has 4 rings (SSSR count). The minimum atomic E-state index is 0.283. The minimum absolute atomic E-state index is 0.283. The second-order valence-corrected chi connectivity index (χ2v) is 8.17. The van der Waals surface area contributed by atoms with E-state index in [9.17, 15) is 0 Å². The molecule has 1 aromatic carbocycles. The van der Waals surface area contributed by atoms with Crippen molar-refractivity contribution in [2.45, 2.75) is 45.9 Å². The summed E-state index contributed by atoms with van der Waals surface area (Å²) in [6.07, 6.45) is 2.57. The molecule has 1 saturated heterocycles. The second kappa shape index (κ2) is 8.38. The minimum Gasteiger partial charge on any atom is -0.440 e. The zero-order chi connectivity index (χ0) is 18.6. The molecule has 1 aliphatic heterocycles. The van der Waals surface area contributed by atoms with Crippen LogP contribution < -0.4 is 0 Å². The van der Waals surface area contributed by atoms with Crippen molar-refractivity contribution in [1.82, 2.24) is 9.88 Å². The summed E-state index contributed by atoms with van der Waals surface area (Å²) in [7, 11) is 0. The monoisotopic (exact) mass is 382 g/mol. The summed E-state index contributed by atoms with van der Waals surface area (Å²) in [6, 6.07) is 12.5. The van der Waals surface area contributed by atoms with Crippen LogP contribution in [-0.4, -0.2) is 29.1 Å². The fraction of sp³-hybridized carbons (Fsp3) is 0.409. The molecule has 0 radical (unpaired) electrons. The normalized spacial score (nSPS) is 18.1. The van der Waals surface area contributed by atoms with Gasteiger partial charge in [0.15, 0.2) is 0 Å². The molecule has 27 heavy (non-hydrogen) atoms. The standard InChI is InChI=1S/C22H26N2O2S/c1-16-10-12-27-21(16)22-23-20(17(2)26-22)14-24-11-6-9-19(13-24)25-15-18-7-4-3-5-8-18/h3-5,7-8,10,12,19H,6,9,11,13-15H2,1-2H3/t19-/m0/s1. The van der Waals surface area contributed by atoms with Crippen molar-refractivity contribution in [2.75, 3.05) is 13.1 Å². The first-order chi connectivity index (χ1) is 13.2. The van der Waals surface area contributed by atoms with E-state index in [1.54, 1.807) is 11.3 Å². The van der Waals surface area contributed by atoms with Crippen LogP contribution in [0.15, 0.2) is 46.2 Å². The molecular weight excluding hydrogens is 356 g/mol. The lowest BCUT2D eigenvalue weighted by Gasteiger charge is -2.32. The van der Waals surface area contributed by atoms with Crippen molar-refractivity contribution in [2.24, 2.45) is 0 Å². The van der Waals surface area contributed by atoms with Crippen molar-refractivity contribution in [3.63, 3.8) is 0 Å². The van der Waals surface area contributed by atoms with E-state index >= 15 is 0 Å². The Morgan fingerprint density at radius 1 is 1.22 bits per heavy atom. The zero-order valence-corrected chi connectivity index (χ0v) is 16.8. The molecule has 0 spiro atoms. The Morgan fingerprint density at radius 3 is 2.85 bits per heavy atom. The van der Waals surface area contributed by atoms with Gasteiger partial charge < -0.3 is 9.15 Å². The number of oxazole rings is 1. The largest absolute Gasteiger partial charge is 0.440 e. The van der Waals surface area contributed by atoms with E-state index in [4.69, 9.17) is 14.1 Å². The Kier molecular flexibility index (Phi) is 5.72. The van der Waals surface area contributed by atoms with Gasteiger partial charge in [0.05, 0.1) is 23.3 Å². The van der Waals surface area contributed by atoms with Crippen LogP contribution >= 0.6 is 11.3 Å². The van der Waals surface area contributed by atoms with Crippen LogP contribution in [0.3, 0.4) is 0 Å². The molecule has 0 amide bonds. The van der Waals surface area contributed by atoms with Gasteiger partial charge in [-0.15, -0.1) is 11.3 Å². The Hall–Kier alpha value is -1.95. The van der Waals surface area contributed by atoms with E-state index in [1.165, 1.54) is 11.1 Å². The van der Waals surface area contributed by atoms with Crippen molar-refractivity contribution in [3.8, 4) is 10.8 Å². The molecule has 142 valence electrons. The number of nitrogens with zero attached hydrogens (tertiary/aromatic N) is 2. The van der Waals surface area contributed by atoms with Gasteiger partial charge in [0.2, 0.25) is 5.89 Å². The lowest BCUT2D eigenvalue weighted by molar-refractivity contribution is -0.0123. The predicted molar refractivity (Wildman–Crippen MR) is 109 cm³/mol. The van der Waals surface area contributed by atoms with Crippen molar-refractivity contribution < 1.29 is 9.15 Å². The van der Waals surface area contributed by atoms with Gasteiger partial charge in [0, 0.05) is 13.1 Å². The Bertz CT molecular complexity index is 872. The van der Waals surface area contributed by atoms with Gasteiger partial charge in [-0.3, -0.25) is 4.90 Å². The fourth-order valence-electron chi connectivity index (χ4n) is 3.56. The zero-order valence-electron chi connectivity index (χ0n) is 16.0. The highest BCUT2D eigenvalue weighted by Crippen LogP contribution is 2.30. The van der Waals surface area contributed by atoms with Gasteiger partial charge in [0.25, 0.3) is 0 Å². The van der Waals surface area contributed by atoms with E-state index in [1.807, 2.05) is 13.0 Å². The highest BCUT2D eigenvalue weighted by Gasteiger charge is 2.23. The van der Waals surface area contributed by atoms with Crippen molar-refractivity contribution >= 4 is 11.3 Å². The first-order valence-electron chi connectivity index (χ1n) is 9.57. The van der Waals surface area contributed by atoms with E-state index in [0.29, 0.717) is 6.61 Å². The van der Waals surface area contributed by atoms with E-state index < -0.39 is 0 Å². The molecule has 3 aromatic rings. The van der Waals surface area contributed by atoms with Crippen LogP contribution in [-0.2, 0) is 17.9 Å². The van der Waals surface area contributed by atoms with Crippen molar-refractivity contribution in [1.29, 1.82) is 0 Å². The molecule has 5 heteroatoms. The lowest BCUT2D eigenvalue weighted by Crippen LogP contribution is -2.39. The number of ether oxygens (including phenoxy) is 1. The average Bonchev–Trinajstić information content (AvgIpc) is 3.27. The van der Waals surface area contributed by atoms with Gasteiger partial charge in [-0.05, 0) is 55.8 Å². The number of benzene rings is 1. The Morgan fingerprint density at radius 2 is 2.07 bits per heavy atom. The van der Waals surface area contributed by atoms with Crippen LogP contribution in [0, 0.1) is 13.8 Å². The second-order valence-electron chi connectivity index (χ2n) is 7.25. The van der Waals surface area contributed by atoms with Crippen LogP contribution in [0.4, 0.5) is 0 Å². The third-order valence-electron chi connectivity index (χ3n) is 5.11. The van der Waals surface area contributed by atoms with E-state index in [0.717, 1.165) is 54.7 Å². The van der Waals surface area contributed by atoms with E-state index in [2.05, 4.69) is 47.5 Å². The Balaban J connectivity index is 1.37. The molecule has 0 unspecified atom stereocenters. The van der Waals surface area contributed by atoms with Gasteiger partial charge in [-0.1, -0.05) is 30.3 Å². The van der Waals surface area contributed by atoms with E-state index in [-0.39, 0.29) is 6.10 Å². The van der Waals surface area contributed by atoms with Crippen LogP contribution in [0.5, 0.6) is 0 Å². The fourth-order valence-corrected chi connectivity index (χ4v) is 4.41. The molecule has 2 aromatic heterocycles. The first kappa shape index (κ1) is 18.4. The maximum absolute atomic E-state index is 6.16. The first-order valence-corrected chi connectivity index (χ1v) is 10.5. The summed E-state index contributed by atoms with van der Waals surface area (Å²) >= 11 is 1.69. The quantitative estimate of drug-likeness (QED) is 0.587. The highest BCUT2D eigenvalue weighted by atomic mass is 32.1. The highest BCUT2D eigenvalue weighted by molar-refractivity contribution is 7.13. The third-order valence-corrected chi connectivity index (χ3v) is 6.12. The summed E-state index contributed by atoms with van der Waals surface area (Å²) in [4.78, 5) is 8.36. The number of aromatic nitrogens is 1. The number of thiophene rings is 1. The Labute approximate surface area is 164 Å². The van der Waals surface area contributed by atoms with Crippen LogP contribution in [0.1, 0.15) is 35.4 Å². The number of hydrogen-bond donors (Lipinski definition) is 0. The van der Waals surface area contributed by atoms with Gasteiger partial charge in [-0.2, -0.15) is 0 Å². The number of piperidine rings is 1. The molecule has 3 heterocycles. The molecule has 0 bridgehead atoms. The number of hydrogen-bond acceptors (Lipinski definition) is 5. The molecule has 1 aliphatic rings. The summed E-state index contributed by atoms with van der Waals surface area (Å²) in [5, 5.41) is 2.09. The number of rotatable bonds is 6. The molecule has 0 N–H and O–H groups in total. The average molecular weight is 383 g/mol. The molecule has 1 atom stereocenters. The maximum atomic E-state index is 6.16. The summed E-state index contributed by atoms with van der Waals surface area (Å²) < 4.78 is 12.1. The third kappa shape index (κ3) is 4.49. The van der Waals surface area contributed by atoms with Crippen LogP contribution in [0.25, 0.3) is 10.8 Å². The summed E-state index contributed by atoms with van der Waals surface area (Å²) in [5.41, 5.74) is 3.50. The molecule has 1 fully saturated rings.